The molecule has 2 aliphatic rings. The van der Waals surface area contributed by atoms with Crippen molar-refractivity contribution in [2.75, 3.05) is 6.61 Å². The maximum Gasteiger partial charge on any atom is 0.0657 e. The molecule has 0 aromatic heterocycles. The molecule has 2 nitrogen and oxygen atoms in total. The number of rotatable bonds is 18. The van der Waals surface area contributed by atoms with Gasteiger partial charge in [-0.25, -0.2) is 0 Å². The van der Waals surface area contributed by atoms with Gasteiger partial charge in [-0.05, 0) is 124 Å². The average Bonchev–Trinajstić information content (AvgIpc) is 3.80. The lowest BCUT2D eigenvalue weighted by Gasteiger charge is -2.45. The van der Waals surface area contributed by atoms with Gasteiger partial charge < -0.3 is 10.2 Å². The van der Waals surface area contributed by atoms with Crippen molar-refractivity contribution in [1.82, 2.24) is 0 Å². The third-order valence-electron chi connectivity index (χ3n) is 11.1. The Bertz CT molecular complexity index is 1570. The summed E-state index contributed by atoms with van der Waals surface area (Å²) in [5.41, 5.74) is 8.19. The van der Waals surface area contributed by atoms with Gasteiger partial charge in [-0.2, -0.15) is 0 Å². The van der Waals surface area contributed by atoms with Gasteiger partial charge in [0.15, 0.2) is 0 Å². The third-order valence-corrected chi connectivity index (χ3v) is 11.1. The van der Waals surface area contributed by atoms with E-state index < -0.39 is 5.60 Å². The second-order valence-electron chi connectivity index (χ2n) is 16.9. The molecule has 2 saturated carbocycles. The van der Waals surface area contributed by atoms with Gasteiger partial charge in [0.2, 0.25) is 0 Å². The van der Waals surface area contributed by atoms with Crippen molar-refractivity contribution < 1.29 is 10.2 Å². The molecule has 52 heavy (non-hydrogen) atoms. The summed E-state index contributed by atoms with van der Waals surface area (Å²) in [6.07, 6.45) is 47.0. The second-order valence-corrected chi connectivity index (χ2v) is 16.9. The molecule has 2 rings (SSSR count). The predicted octanol–water partition coefficient (Wildman–Crippen LogP) is 13.6. The molecular formula is C50H72O2. The van der Waals surface area contributed by atoms with Crippen LogP contribution in [0.5, 0.6) is 0 Å². The predicted molar refractivity (Wildman–Crippen MR) is 230 cm³/mol. The van der Waals surface area contributed by atoms with Gasteiger partial charge in [0.05, 0.1) is 12.2 Å². The minimum atomic E-state index is -0.757. The van der Waals surface area contributed by atoms with E-state index >= 15 is 0 Å². The summed E-state index contributed by atoms with van der Waals surface area (Å²) in [5, 5.41) is 20.0. The molecule has 2 fully saturated rings. The molecule has 4 atom stereocenters. The van der Waals surface area contributed by atoms with Gasteiger partial charge >= 0.3 is 0 Å². The smallest absolute Gasteiger partial charge is 0.0657 e. The number of aliphatic hydroxyl groups is 2. The van der Waals surface area contributed by atoms with Gasteiger partial charge in [0.1, 0.15) is 0 Å². The van der Waals surface area contributed by atoms with Gasteiger partial charge in [-0.3, -0.25) is 0 Å². The van der Waals surface area contributed by atoms with Crippen molar-refractivity contribution >= 4 is 0 Å². The zero-order chi connectivity index (χ0) is 39.0. The van der Waals surface area contributed by atoms with E-state index in [9.17, 15) is 10.2 Å². The summed E-state index contributed by atoms with van der Waals surface area (Å²) in [4.78, 5) is 0. The monoisotopic (exact) mass is 705 g/mol. The first-order chi connectivity index (χ1) is 24.4. The molecule has 0 spiro atoms. The minimum absolute atomic E-state index is 0.0743. The van der Waals surface area contributed by atoms with E-state index in [0.29, 0.717) is 11.3 Å². The van der Waals surface area contributed by atoms with Crippen molar-refractivity contribution in [2.24, 2.45) is 28.6 Å². The fraction of sp³-hybridized carbons (Fsp3) is 0.480. The Morgan fingerprint density at radius 2 is 1.15 bits per heavy atom. The summed E-state index contributed by atoms with van der Waals surface area (Å²) < 4.78 is 0. The number of allylic oxidation sites excluding steroid dienone is 24. The van der Waals surface area contributed by atoms with Crippen molar-refractivity contribution in [3.63, 3.8) is 0 Å². The van der Waals surface area contributed by atoms with Crippen molar-refractivity contribution in [1.29, 1.82) is 0 Å². The summed E-state index contributed by atoms with van der Waals surface area (Å²) >= 11 is 0. The van der Waals surface area contributed by atoms with Crippen LogP contribution in [0.25, 0.3) is 0 Å². The number of hydrogen-bond donors (Lipinski definition) is 2. The summed E-state index contributed by atoms with van der Waals surface area (Å²) in [7, 11) is 0. The molecule has 0 heterocycles. The Balaban J connectivity index is 1.88. The van der Waals surface area contributed by atoms with E-state index in [-0.39, 0.29) is 17.9 Å². The SMILES string of the molecule is CC(C)=CCC(C=CC(C)=CC=CC(C)=CC=CC(C)=CC=CC=C(C)C=CC=C(C)C=CC12CC1CCC(CC=C(C)CO)C2(C)C)C(C)(C)O. The van der Waals surface area contributed by atoms with Crippen molar-refractivity contribution in [2.45, 2.75) is 121 Å². The van der Waals surface area contributed by atoms with Gasteiger partial charge in [-0.1, -0.05) is 168 Å². The Labute approximate surface area is 319 Å². The Morgan fingerprint density at radius 1 is 0.673 bits per heavy atom. The lowest BCUT2D eigenvalue weighted by Crippen LogP contribution is -2.37. The van der Waals surface area contributed by atoms with Crippen molar-refractivity contribution in [3.05, 3.63) is 154 Å². The summed E-state index contributed by atoms with van der Waals surface area (Å²) in [6.45, 7) is 25.7. The number of fused-ring (bicyclic) bond motifs is 1. The van der Waals surface area contributed by atoms with Gasteiger partial charge in [0, 0.05) is 5.92 Å². The van der Waals surface area contributed by atoms with E-state index in [4.69, 9.17) is 0 Å². The Kier molecular flexibility index (Phi) is 18.3. The van der Waals surface area contributed by atoms with Crippen LogP contribution in [0, 0.1) is 28.6 Å². The van der Waals surface area contributed by atoms with E-state index in [1.807, 2.05) is 20.8 Å². The molecule has 0 bridgehead atoms. The topological polar surface area (TPSA) is 40.5 Å². The Hall–Kier alpha value is -3.46. The number of hydrogen-bond acceptors (Lipinski definition) is 2. The highest BCUT2D eigenvalue weighted by Gasteiger charge is 2.64. The fourth-order valence-electron chi connectivity index (χ4n) is 7.14. The molecule has 4 unspecified atom stereocenters. The van der Waals surface area contributed by atoms with Crippen LogP contribution in [0.3, 0.4) is 0 Å². The van der Waals surface area contributed by atoms with Gasteiger partial charge in [-0.15, -0.1) is 0 Å². The highest BCUT2D eigenvalue weighted by molar-refractivity contribution is 5.34. The molecule has 0 aromatic carbocycles. The molecule has 2 N–H and O–H groups in total. The largest absolute Gasteiger partial charge is 0.392 e. The van der Waals surface area contributed by atoms with E-state index in [0.717, 1.165) is 29.9 Å². The van der Waals surface area contributed by atoms with Crippen LogP contribution in [0.4, 0.5) is 0 Å². The third kappa shape index (κ3) is 15.3. The first-order valence-electron chi connectivity index (χ1n) is 19.5. The zero-order valence-electron chi connectivity index (χ0n) is 34.8. The molecule has 2 aliphatic carbocycles. The van der Waals surface area contributed by atoms with Gasteiger partial charge in [0.25, 0.3) is 0 Å². The summed E-state index contributed by atoms with van der Waals surface area (Å²) in [5.74, 6) is 1.55. The van der Waals surface area contributed by atoms with Crippen molar-refractivity contribution in [3.8, 4) is 0 Å². The molecular weight excluding hydrogens is 633 g/mol. The van der Waals surface area contributed by atoms with Crippen LogP contribution in [0.1, 0.15) is 115 Å². The standard InChI is InChI=1S/C50H72O2/c1-38(2)26-29-46(49(11,12)52)31-27-42(6)24-16-23-41(5)22-15-20-39(3)18-13-14-19-40(4)21-17-25-43(7)34-35-50-36-47(50)33-32-45(48(50,9)10)30-28-44(8)37-51/h13-28,31,34-35,45-47,51-52H,29-30,32-33,36-37H2,1-12H3. The molecule has 2 heteroatoms. The zero-order valence-corrected chi connectivity index (χ0v) is 34.8. The average molecular weight is 705 g/mol. The van der Waals surface area contributed by atoms with Crippen LogP contribution in [-0.2, 0) is 0 Å². The molecule has 0 aliphatic heterocycles. The maximum atomic E-state index is 10.5. The lowest BCUT2D eigenvalue weighted by molar-refractivity contribution is 0.0380. The highest BCUT2D eigenvalue weighted by Crippen LogP contribution is 2.72. The molecule has 284 valence electrons. The first kappa shape index (κ1) is 44.7. The summed E-state index contributed by atoms with van der Waals surface area (Å²) in [6, 6.07) is 0. The molecule has 0 aromatic rings. The lowest BCUT2D eigenvalue weighted by atomic mass is 9.60. The van der Waals surface area contributed by atoms with E-state index in [2.05, 4.69) is 178 Å². The quantitative estimate of drug-likeness (QED) is 0.110. The van der Waals surface area contributed by atoms with Crippen LogP contribution >= 0.6 is 0 Å². The molecule has 0 amide bonds. The maximum absolute atomic E-state index is 10.5. The van der Waals surface area contributed by atoms with Crippen LogP contribution in [0.15, 0.2) is 154 Å². The molecule has 0 saturated heterocycles. The minimum Gasteiger partial charge on any atom is -0.392 e. The number of aliphatic hydroxyl groups excluding tert-OH is 1. The first-order valence-corrected chi connectivity index (χ1v) is 19.5. The Morgan fingerprint density at radius 3 is 1.63 bits per heavy atom. The van der Waals surface area contributed by atoms with Crippen LogP contribution in [0.2, 0.25) is 0 Å². The van der Waals surface area contributed by atoms with E-state index in [1.165, 1.54) is 47.1 Å². The molecule has 0 radical (unpaired) electrons. The highest BCUT2D eigenvalue weighted by atomic mass is 16.3. The normalized spacial score (nSPS) is 24.7. The second kappa shape index (κ2) is 21.3. The van der Waals surface area contributed by atoms with Crippen LogP contribution < -0.4 is 0 Å². The fourth-order valence-corrected chi connectivity index (χ4v) is 7.14. The van der Waals surface area contributed by atoms with Crippen LogP contribution in [-0.4, -0.2) is 22.4 Å². The van der Waals surface area contributed by atoms with E-state index in [1.54, 1.807) is 0 Å².